The highest BCUT2D eigenvalue weighted by Gasteiger charge is 2.27. The molecular weight excluding hydrogens is 480 g/mol. The van der Waals surface area contributed by atoms with Crippen molar-refractivity contribution in [3.63, 3.8) is 0 Å². The van der Waals surface area contributed by atoms with Gasteiger partial charge in [0.25, 0.3) is 11.6 Å². The number of amides is 1. The van der Waals surface area contributed by atoms with Gasteiger partial charge in [0.05, 0.1) is 15.6 Å². The first-order valence-corrected chi connectivity index (χ1v) is 12.4. The van der Waals surface area contributed by atoms with Gasteiger partial charge in [0.1, 0.15) is 9.88 Å². The first kappa shape index (κ1) is 22.0. The van der Waals surface area contributed by atoms with Crippen molar-refractivity contribution >= 4 is 56.0 Å². The molecule has 0 radical (unpaired) electrons. The number of hydrogen-bond acceptors (Lipinski definition) is 7. The monoisotopic (exact) mass is 498 g/mol. The third-order valence-corrected chi connectivity index (χ3v) is 8.22. The number of halogens is 1. The Morgan fingerprint density at radius 2 is 1.88 bits per heavy atom. The molecule has 0 unspecified atom stereocenters. The van der Waals surface area contributed by atoms with Crippen molar-refractivity contribution < 1.29 is 9.72 Å². The molecule has 33 heavy (non-hydrogen) atoms. The molecule has 2 aromatic carbocycles. The van der Waals surface area contributed by atoms with Crippen molar-refractivity contribution in [3.8, 4) is 10.6 Å². The van der Waals surface area contributed by atoms with Gasteiger partial charge in [0, 0.05) is 65.9 Å². The minimum Gasteiger partial charge on any atom is -0.335 e. The lowest BCUT2D eigenvalue weighted by Crippen LogP contribution is -2.48. The van der Waals surface area contributed by atoms with Crippen LogP contribution in [0.5, 0.6) is 0 Å². The summed E-state index contributed by atoms with van der Waals surface area (Å²) < 4.78 is 0.647. The summed E-state index contributed by atoms with van der Waals surface area (Å²) in [5, 5.41) is 15.2. The maximum Gasteiger partial charge on any atom is 0.270 e. The number of non-ortho nitro benzene ring substituents is 1. The first-order chi connectivity index (χ1) is 16.0. The van der Waals surface area contributed by atoms with Gasteiger partial charge in [-0.1, -0.05) is 41.9 Å². The van der Waals surface area contributed by atoms with Gasteiger partial charge < -0.3 is 4.90 Å². The molecule has 0 saturated carbocycles. The fourth-order valence-electron chi connectivity index (χ4n) is 3.88. The zero-order valence-electron chi connectivity index (χ0n) is 17.4. The Morgan fingerprint density at radius 3 is 2.61 bits per heavy atom. The van der Waals surface area contributed by atoms with Crippen molar-refractivity contribution in [3.05, 3.63) is 79.6 Å². The Labute approximate surface area is 203 Å². The summed E-state index contributed by atoms with van der Waals surface area (Å²) in [6.45, 7) is 3.44. The normalized spacial score (nSPS) is 14.6. The van der Waals surface area contributed by atoms with Gasteiger partial charge in [0.2, 0.25) is 0 Å². The Kier molecular flexibility index (Phi) is 6.11. The Balaban J connectivity index is 1.23. The second-order valence-electron chi connectivity index (χ2n) is 7.76. The minimum absolute atomic E-state index is 0.00880. The molecule has 5 rings (SSSR count). The van der Waals surface area contributed by atoms with Crippen LogP contribution in [0.2, 0.25) is 5.02 Å². The zero-order valence-corrected chi connectivity index (χ0v) is 19.8. The van der Waals surface area contributed by atoms with E-state index in [4.69, 9.17) is 16.6 Å². The number of thiazole rings is 1. The highest BCUT2D eigenvalue weighted by molar-refractivity contribution is 7.21. The molecule has 3 heterocycles. The largest absolute Gasteiger partial charge is 0.335 e. The van der Waals surface area contributed by atoms with Gasteiger partial charge >= 0.3 is 0 Å². The van der Waals surface area contributed by atoms with Crippen molar-refractivity contribution in [1.29, 1.82) is 0 Å². The summed E-state index contributed by atoms with van der Waals surface area (Å²) in [6, 6.07) is 14.6. The average molecular weight is 499 g/mol. The summed E-state index contributed by atoms with van der Waals surface area (Å²) in [7, 11) is 0. The number of aromatic nitrogens is 1. The van der Waals surface area contributed by atoms with E-state index in [1.54, 1.807) is 22.3 Å². The summed E-state index contributed by atoms with van der Waals surface area (Å²) in [6.07, 6.45) is 0. The van der Waals surface area contributed by atoms with Gasteiger partial charge in [-0.3, -0.25) is 19.8 Å². The Morgan fingerprint density at radius 1 is 1.12 bits per heavy atom. The lowest BCUT2D eigenvalue weighted by Gasteiger charge is -2.34. The molecule has 4 aromatic rings. The number of nitro benzene ring substituents is 1. The quantitative estimate of drug-likeness (QED) is 0.266. The summed E-state index contributed by atoms with van der Waals surface area (Å²) in [5.74, 6) is -0.122. The van der Waals surface area contributed by atoms with E-state index in [9.17, 15) is 14.9 Å². The van der Waals surface area contributed by atoms with Crippen LogP contribution in [0.1, 0.15) is 15.4 Å². The third kappa shape index (κ3) is 4.49. The SMILES string of the molecule is O=C(c1sc2cc([N+](=O)[O-])ccc2c1Cl)N1CCN(Cc2csc(-c3ccccc3)n2)CC1. The molecule has 1 saturated heterocycles. The van der Waals surface area contributed by atoms with Crippen LogP contribution < -0.4 is 0 Å². The molecular formula is C23H19ClN4O3S2. The smallest absolute Gasteiger partial charge is 0.270 e. The molecule has 2 aromatic heterocycles. The molecule has 0 aliphatic carbocycles. The number of carbonyl (C=O) groups is 1. The summed E-state index contributed by atoms with van der Waals surface area (Å²) in [5.41, 5.74) is 2.15. The van der Waals surface area contributed by atoms with Gasteiger partial charge in [0.15, 0.2) is 0 Å². The van der Waals surface area contributed by atoms with Crippen LogP contribution in [0.4, 0.5) is 5.69 Å². The molecule has 10 heteroatoms. The van der Waals surface area contributed by atoms with Crippen LogP contribution in [0.25, 0.3) is 20.7 Å². The molecule has 7 nitrogen and oxygen atoms in total. The minimum atomic E-state index is -0.446. The molecule has 0 atom stereocenters. The van der Waals surface area contributed by atoms with Gasteiger partial charge in [-0.05, 0) is 6.07 Å². The van der Waals surface area contributed by atoms with Gasteiger partial charge in [-0.25, -0.2) is 4.98 Å². The molecule has 1 amide bonds. The van der Waals surface area contributed by atoms with E-state index in [-0.39, 0.29) is 11.6 Å². The third-order valence-electron chi connectivity index (χ3n) is 5.64. The zero-order chi connectivity index (χ0) is 22.9. The van der Waals surface area contributed by atoms with Crippen LogP contribution in [0.15, 0.2) is 53.9 Å². The summed E-state index contributed by atoms with van der Waals surface area (Å²) >= 11 is 9.32. The molecule has 1 aliphatic heterocycles. The fourth-order valence-corrected chi connectivity index (χ4v) is 6.21. The second kappa shape index (κ2) is 9.18. The molecule has 0 bridgehead atoms. The fraction of sp³-hybridized carbons (Fsp3) is 0.217. The number of nitrogens with zero attached hydrogens (tertiary/aromatic N) is 4. The van der Waals surface area contributed by atoms with Crippen LogP contribution >= 0.6 is 34.3 Å². The molecule has 1 fully saturated rings. The number of piperazine rings is 1. The van der Waals surface area contributed by atoms with E-state index in [0.29, 0.717) is 33.1 Å². The van der Waals surface area contributed by atoms with Crippen LogP contribution in [0, 0.1) is 10.1 Å². The average Bonchev–Trinajstić information content (AvgIpc) is 3.44. The van der Waals surface area contributed by atoms with E-state index >= 15 is 0 Å². The molecule has 0 N–H and O–H groups in total. The van der Waals surface area contributed by atoms with Crippen molar-refractivity contribution in [2.24, 2.45) is 0 Å². The number of rotatable bonds is 5. The van der Waals surface area contributed by atoms with Crippen molar-refractivity contribution in [1.82, 2.24) is 14.8 Å². The predicted molar refractivity (Wildman–Crippen MR) is 132 cm³/mol. The van der Waals surface area contributed by atoms with Crippen molar-refractivity contribution in [2.45, 2.75) is 6.54 Å². The maximum absolute atomic E-state index is 13.1. The highest BCUT2D eigenvalue weighted by atomic mass is 35.5. The van der Waals surface area contributed by atoms with Crippen LogP contribution in [0.3, 0.4) is 0 Å². The highest BCUT2D eigenvalue weighted by Crippen LogP contribution is 2.38. The van der Waals surface area contributed by atoms with E-state index in [2.05, 4.69) is 22.4 Å². The number of benzene rings is 2. The topological polar surface area (TPSA) is 79.6 Å². The summed E-state index contributed by atoms with van der Waals surface area (Å²) in [4.78, 5) is 33.0. The van der Waals surface area contributed by atoms with E-state index < -0.39 is 4.92 Å². The van der Waals surface area contributed by atoms with E-state index in [0.717, 1.165) is 35.9 Å². The predicted octanol–water partition coefficient (Wildman–Crippen LogP) is 5.54. The number of nitro groups is 1. The number of thiophene rings is 1. The number of carbonyl (C=O) groups excluding carboxylic acids is 1. The first-order valence-electron chi connectivity index (χ1n) is 10.4. The number of fused-ring (bicyclic) bond motifs is 1. The standard InChI is InChI=1S/C23H19ClN4O3S2/c24-20-18-7-6-17(28(30)31)12-19(18)33-21(20)23(29)27-10-8-26(9-11-27)13-16-14-32-22(25-16)15-4-2-1-3-5-15/h1-7,12,14H,8-11,13H2. The number of hydrogen-bond donors (Lipinski definition) is 0. The second-order valence-corrected chi connectivity index (χ2v) is 10.0. The van der Waals surface area contributed by atoms with Gasteiger partial charge in [-0.2, -0.15) is 0 Å². The van der Waals surface area contributed by atoms with E-state index in [1.807, 2.05) is 18.2 Å². The van der Waals surface area contributed by atoms with Crippen LogP contribution in [-0.2, 0) is 6.54 Å². The van der Waals surface area contributed by atoms with Crippen LogP contribution in [-0.4, -0.2) is 51.8 Å². The van der Waals surface area contributed by atoms with Crippen molar-refractivity contribution in [2.75, 3.05) is 26.2 Å². The van der Waals surface area contributed by atoms with Gasteiger partial charge in [-0.15, -0.1) is 22.7 Å². The lowest BCUT2D eigenvalue weighted by molar-refractivity contribution is -0.384. The maximum atomic E-state index is 13.1. The molecule has 168 valence electrons. The lowest BCUT2D eigenvalue weighted by atomic mass is 10.2. The Bertz CT molecular complexity index is 1330. The Hall–Kier alpha value is -2.85. The molecule has 0 spiro atoms. The molecule has 1 aliphatic rings. The van der Waals surface area contributed by atoms with E-state index in [1.165, 1.54) is 23.5 Å².